The molecule has 1 heterocycles. The predicted molar refractivity (Wildman–Crippen MR) is 125 cm³/mol. The van der Waals surface area contributed by atoms with Crippen LogP contribution in [0.3, 0.4) is 0 Å². The summed E-state index contributed by atoms with van der Waals surface area (Å²) >= 11 is 1.56. The van der Waals surface area contributed by atoms with Crippen LogP contribution in [-0.2, 0) is 9.84 Å². The highest BCUT2D eigenvalue weighted by molar-refractivity contribution is 14.0. The summed E-state index contributed by atoms with van der Waals surface area (Å²) in [6.45, 7) is 6.31. The van der Waals surface area contributed by atoms with E-state index in [1.807, 2.05) is 37.3 Å². The van der Waals surface area contributed by atoms with E-state index in [0.29, 0.717) is 12.5 Å². The van der Waals surface area contributed by atoms with Gasteiger partial charge in [-0.1, -0.05) is 18.2 Å². The average molecular weight is 525 g/mol. The van der Waals surface area contributed by atoms with Crippen LogP contribution in [0.25, 0.3) is 10.1 Å². The second-order valence-electron chi connectivity index (χ2n) is 6.81. The standard InChI is InChI=1S/C18H27N3O3S2.HI/c1-5-19-17(21-12-18(2,3)26(4,23)24)20-11-14(22)16-10-13-8-6-7-9-15(13)25-16;/h6-10,14,22H,5,11-12H2,1-4H3,(H2,19,20,21);1H. The largest absolute Gasteiger partial charge is 0.386 e. The molecule has 6 nitrogen and oxygen atoms in total. The Balaban J connectivity index is 0.00000364. The van der Waals surface area contributed by atoms with Gasteiger partial charge in [0.2, 0.25) is 0 Å². The molecule has 0 spiro atoms. The molecule has 27 heavy (non-hydrogen) atoms. The number of thiophene rings is 1. The van der Waals surface area contributed by atoms with E-state index in [4.69, 9.17) is 0 Å². The number of aliphatic hydroxyl groups is 1. The van der Waals surface area contributed by atoms with Gasteiger partial charge in [-0.25, -0.2) is 8.42 Å². The van der Waals surface area contributed by atoms with Crippen LogP contribution >= 0.6 is 35.3 Å². The third-order valence-electron chi connectivity index (χ3n) is 4.20. The normalized spacial score (nSPS) is 13.9. The maximum absolute atomic E-state index is 11.8. The van der Waals surface area contributed by atoms with E-state index in [1.54, 1.807) is 25.2 Å². The van der Waals surface area contributed by atoms with Gasteiger partial charge < -0.3 is 15.7 Å². The second kappa shape index (κ2) is 10.0. The summed E-state index contributed by atoms with van der Waals surface area (Å²) in [5, 5.41) is 17.7. The molecular formula is C18H28IN3O3S2. The number of fused-ring (bicyclic) bond motifs is 1. The Labute approximate surface area is 182 Å². The minimum absolute atomic E-state index is 0. The van der Waals surface area contributed by atoms with Crippen LogP contribution in [0.1, 0.15) is 31.8 Å². The van der Waals surface area contributed by atoms with Crippen molar-refractivity contribution in [1.29, 1.82) is 0 Å². The summed E-state index contributed by atoms with van der Waals surface area (Å²) in [4.78, 5) is 5.25. The van der Waals surface area contributed by atoms with Gasteiger partial charge in [0.05, 0.1) is 11.3 Å². The average Bonchev–Trinajstić information content (AvgIpc) is 3.00. The van der Waals surface area contributed by atoms with Crippen LogP contribution in [0.5, 0.6) is 0 Å². The van der Waals surface area contributed by atoms with Crippen LogP contribution in [0.2, 0.25) is 0 Å². The lowest BCUT2D eigenvalue weighted by Gasteiger charge is -2.21. The summed E-state index contributed by atoms with van der Waals surface area (Å²) in [6.07, 6.45) is 0.549. The van der Waals surface area contributed by atoms with Gasteiger partial charge in [-0.3, -0.25) is 4.99 Å². The highest BCUT2D eigenvalue weighted by atomic mass is 127. The van der Waals surface area contributed by atoms with Crippen LogP contribution in [0.4, 0.5) is 0 Å². The maximum atomic E-state index is 11.8. The van der Waals surface area contributed by atoms with Crippen molar-refractivity contribution in [2.75, 3.05) is 25.9 Å². The molecule has 0 saturated carbocycles. The van der Waals surface area contributed by atoms with Gasteiger partial charge in [-0.15, -0.1) is 35.3 Å². The van der Waals surface area contributed by atoms with Crippen molar-refractivity contribution in [3.63, 3.8) is 0 Å². The Kier molecular flexibility index (Phi) is 8.97. The Morgan fingerprint density at radius 3 is 2.56 bits per heavy atom. The maximum Gasteiger partial charge on any atom is 0.191 e. The van der Waals surface area contributed by atoms with Crippen LogP contribution in [-0.4, -0.2) is 50.1 Å². The topological polar surface area (TPSA) is 90.8 Å². The van der Waals surface area contributed by atoms with Gasteiger partial charge in [0.1, 0.15) is 6.10 Å². The SMILES string of the molecule is CCNC(=NCC(C)(C)S(C)(=O)=O)NCC(O)c1cc2ccccc2s1.I. The summed E-state index contributed by atoms with van der Waals surface area (Å²) in [6, 6.07) is 10.00. The lowest BCUT2D eigenvalue weighted by molar-refractivity contribution is 0.184. The Bertz CT molecular complexity index is 846. The van der Waals surface area contributed by atoms with Crippen molar-refractivity contribution in [2.24, 2.45) is 4.99 Å². The Morgan fingerprint density at radius 1 is 1.30 bits per heavy atom. The van der Waals surface area contributed by atoms with Crippen molar-refractivity contribution in [3.05, 3.63) is 35.2 Å². The molecule has 2 aromatic rings. The molecule has 1 aromatic carbocycles. The number of nitrogens with zero attached hydrogens (tertiary/aromatic N) is 1. The van der Waals surface area contributed by atoms with E-state index in [-0.39, 0.29) is 37.1 Å². The first-order valence-electron chi connectivity index (χ1n) is 8.52. The van der Waals surface area contributed by atoms with Crippen molar-refractivity contribution >= 4 is 61.2 Å². The lowest BCUT2D eigenvalue weighted by atomic mass is 10.2. The minimum Gasteiger partial charge on any atom is -0.386 e. The molecule has 0 fully saturated rings. The Morgan fingerprint density at radius 2 is 1.96 bits per heavy atom. The molecule has 3 N–H and O–H groups in total. The molecule has 0 aliphatic rings. The first kappa shape index (κ1) is 24.1. The molecule has 0 aliphatic carbocycles. The van der Waals surface area contributed by atoms with Gasteiger partial charge in [0.25, 0.3) is 0 Å². The highest BCUT2D eigenvalue weighted by Crippen LogP contribution is 2.29. The third-order valence-corrected chi connectivity index (χ3v) is 7.56. The molecule has 1 atom stereocenters. The van der Waals surface area contributed by atoms with Gasteiger partial charge in [-0.05, 0) is 38.3 Å². The fraction of sp³-hybridized carbons (Fsp3) is 0.500. The number of sulfone groups is 1. The first-order chi connectivity index (χ1) is 12.1. The van der Waals surface area contributed by atoms with Gasteiger partial charge in [0, 0.05) is 28.9 Å². The summed E-state index contributed by atoms with van der Waals surface area (Å²) in [5.41, 5.74) is 0. The molecule has 1 unspecified atom stereocenters. The number of rotatable bonds is 7. The van der Waals surface area contributed by atoms with Gasteiger partial charge >= 0.3 is 0 Å². The van der Waals surface area contributed by atoms with Crippen LogP contribution in [0, 0.1) is 0 Å². The number of guanidine groups is 1. The van der Waals surface area contributed by atoms with Crippen LogP contribution < -0.4 is 10.6 Å². The Hall–Kier alpha value is -0.910. The molecule has 0 amide bonds. The minimum atomic E-state index is -3.21. The van der Waals surface area contributed by atoms with Crippen molar-refractivity contribution in [1.82, 2.24) is 10.6 Å². The molecule has 0 aliphatic heterocycles. The van der Waals surface area contributed by atoms with E-state index in [9.17, 15) is 13.5 Å². The number of benzene rings is 1. The van der Waals surface area contributed by atoms with Gasteiger partial charge in [0.15, 0.2) is 15.8 Å². The van der Waals surface area contributed by atoms with Gasteiger partial charge in [-0.2, -0.15) is 0 Å². The number of hydrogen-bond acceptors (Lipinski definition) is 5. The molecule has 0 saturated heterocycles. The monoisotopic (exact) mass is 525 g/mol. The molecule has 0 radical (unpaired) electrons. The number of aliphatic hydroxyl groups excluding tert-OH is 1. The number of aliphatic imine (C=N–C) groups is 1. The molecule has 152 valence electrons. The molecule has 1 aromatic heterocycles. The quantitative estimate of drug-likeness (QED) is 0.294. The third kappa shape index (κ3) is 6.58. The number of halogens is 1. The van der Waals surface area contributed by atoms with Crippen LogP contribution in [0.15, 0.2) is 35.3 Å². The van der Waals surface area contributed by atoms with E-state index >= 15 is 0 Å². The zero-order valence-corrected chi connectivity index (χ0v) is 20.0. The van der Waals surface area contributed by atoms with E-state index < -0.39 is 20.7 Å². The molecule has 0 bridgehead atoms. The fourth-order valence-corrected chi connectivity index (χ4v) is 3.54. The highest BCUT2D eigenvalue weighted by Gasteiger charge is 2.30. The zero-order chi connectivity index (χ0) is 19.4. The first-order valence-corrected chi connectivity index (χ1v) is 11.2. The van der Waals surface area contributed by atoms with E-state index in [1.165, 1.54) is 6.26 Å². The zero-order valence-electron chi connectivity index (χ0n) is 16.0. The second-order valence-corrected chi connectivity index (χ2v) is 10.6. The molecule has 2 rings (SSSR count). The van der Waals surface area contributed by atoms with Crippen molar-refractivity contribution in [2.45, 2.75) is 31.6 Å². The van der Waals surface area contributed by atoms with E-state index in [0.717, 1.165) is 15.0 Å². The summed E-state index contributed by atoms with van der Waals surface area (Å²) < 4.78 is 23.8. The fourth-order valence-electron chi connectivity index (χ4n) is 2.19. The summed E-state index contributed by atoms with van der Waals surface area (Å²) in [5.74, 6) is 0.490. The number of nitrogens with one attached hydrogen (secondary N) is 2. The van der Waals surface area contributed by atoms with E-state index in [2.05, 4.69) is 15.6 Å². The summed E-state index contributed by atoms with van der Waals surface area (Å²) in [7, 11) is -3.21. The number of hydrogen-bond donors (Lipinski definition) is 3. The molecule has 9 heteroatoms. The smallest absolute Gasteiger partial charge is 0.191 e. The molecular weight excluding hydrogens is 497 g/mol. The lowest BCUT2D eigenvalue weighted by Crippen LogP contribution is -2.41. The van der Waals surface area contributed by atoms with Crippen molar-refractivity contribution in [3.8, 4) is 0 Å². The predicted octanol–water partition coefficient (Wildman–Crippen LogP) is 2.93. The van der Waals surface area contributed by atoms with Crippen molar-refractivity contribution < 1.29 is 13.5 Å².